The van der Waals surface area contributed by atoms with Crippen LogP contribution in [0.5, 0.6) is 5.75 Å². The molecule has 0 amide bonds. The number of rotatable bonds is 0. The van der Waals surface area contributed by atoms with Crippen molar-refractivity contribution in [2.75, 3.05) is 0 Å². The molecule has 2 aliphatic rings. The minimum atomic E-state index is -0.265. The molecule has 3 atom stereocenters. The van der Waals surface area contributed by atoms with Gasteiger partial charge in [-0.2, -0.15) is 0 Å². The fraction of sp³-hybridized carbons (Fsp3) is 0.625. The molecule has 0 radical (unpaired) electrons. The number of phenols is 1. The van der Waals surface area contributed by atoms with Crippen molar-refractivity contribution < 1.29 is 9.50 Å². The van der Waals surface area contributed by atoms with Crippen molar-refractivity contribution in [3.63, 3.8) is 0 Å². The minimum Gasteiger partial charge on any atom is -0.508 e. The fourth-order valence-electron chi connectivity index (χ4n) is 4.09. The second-order valence-electron chi connectivity index (χ2n) is 6.46. The van der Waals surface area contributed by atoms with E-state index in [9.17, 15) is 9.50 Å². The van der Waals surface area contributed by atoms with Crippen LogP contribution in [-0.4, -0.2) is 11.1 Å². The van der Waals surface area contributed by atoms with Crippen LogP contribution in [0.2, 0.25) is 0 Å². The second-order valence-corrected chi connectivity index (χ2v) is 6.46. The van der Waals surface area contributed by atoms with Crippen molar-refractivity contribution in [3.05, 3.63) is 29.1 Å². The molecule has 0 spiro atoms. The van der Waals surface area contributed by atoms with Crippen LogP contribution in [0.3, 0.4) is 0 Å². The zero-order valence-electron chi connectivity index (χ0n) is 11.5. The van der Waals surface area contributed by atoms with E-state index in [4.69, 9.17) is 5.73 Å². The average molecular weight is 263 g/mol. The summed E-state index contributed by atoms with van der Waals surface area (Å²) in [6.45, 7) is 2.15. The van der Waals surface area contributed by atoms with E-state index in [2.05, 4.69) is 6.92 Å². The van der Waals surface area contributed by atoms with Crippen LogP contribution in [0.4, 0.5) is 4.39 Å². The van der Waals surface area contributed by atoms with Crippen molar-refractivity contribution in [1.29, 1.82) is 0 Å². The molecule has 1 fully saturated rings. The van der Waals surface area contributed by atoms with Crippen LogP contribution >= 0.6 is 0 Å². The first-order chi connectivity index (χ1) is 9.02. The summed E-state index contributed by atoms with van der Waals surface area (Å²) in [7, 11) is 0. The number of halogens is 1. The zero-order valence-corrected chi connectivity index (χ0v) is 11.5. The summed E-state index contributed by atoms with van der Waals surface area (Å²) < 4.78 is 14.2. The molecular formula is C16H22FNO. The lowest BCUT2D eigenvalue weighted by Crippen LogP contribution is -2.53. The minimum absolute atomic E-state index is 0.0187. The number of hydrogen-bond acceptors (Lipinski definition) is 2. The highest BCUT2D eigenvalue weighted by molar-refractivity contribution is 5.44. The first-order valence-electron chi connectivity index (χ1n) is 7.30. The van der Waals surface area contributed by atoms with Gasteiger partial charge in [0.15, 0.2) is 0 Å². The molecule has 2 aliphatic carbocycles. The van der Waals surface area contributed by atoms with Gasteiger partial charge in [0.1, 0.15) is 11.6 Å². The Labute approximate surface area is 113 Å². The Hall–Kier alpha value is -1.09. The third kappa shape index (κ3) is 1.95. The van der Waals surface area contributed by atoms with Gasteiger partial charge in [-0.1, -0.05) is 26.2 Å². The van der Waals surface area contributed by atoms with Gasteiger partial charge in [-0.05, 0) is 42.4 Å². The summed E-state index contributed by atoms with van der Waals surface area (Å²) in [5, 5.41) is 9.71. The normalized spacial score (nSPS) is 34.3. The van der Waals surface area contributed by atoms with Crippen LogP contribution in [0.25, 0.3) is 0 Å². The van der Waals surface area contributed by atoms with Gasteiger partial charge in [-0.15, -0.1) is 0 Å². The maximum absolute atomic E-state index is 14.2. The van der Waals surface area contributed by atoms with E-state index in [1.807, 2.05) is 0 Å². The van der Waals surface area contributed by atoms with Gasteiger partial charge < -0.3 is 10.8 Å². The molecule has 1 unspecified atom stereocenters. The largest absolute Gasteiger partial charge is 0.508 e. The van der Waals surface area contributed by atoms with E-state index in [0.717, 1.165) is 36.8 Å². The molecule has 0 saturated heterocycles. The van der Waals surface area contributed by atoms with E-state index in [0.29, 0.717) is 5.92 Å². The third-order valence-corrected chi connectivity index (χ3v) is 5.28. The molecular weight excluding hydrogens is 241 g/mol. The van der Waals surface area contributed by atoms with E-state index in [1.54, 1.807) is 6.07 Å². The van der Waals surface area contributed by atoms with Crippen molar-refractivity contribution in [3.8, 4) is 5.75 Å². The van der Waals surface area contributed by atoms with Gasteiger partial charge in [0.05, 0.1) is 0 Å². The standard InChI is InChI=1S/C16H22FNO/c1-16-6-4-2-3-5-10(15(16)18)7-12-13(16)8-11(19)9-14(12)17/h8-10,15,19H,2-7,18H2,1H3/t10-,15-,16?/m0/s1. The van der Waals surface area contributed by atoms with Gasteiger partial charge in [0.2, 0.25) is 0 Å². The lowest BCUT2D eigenvalue weighted by atomic mass is 9.60. The number of phenolic OH excluding ortho intramolecular Hbond substituents is 1. The van der Waals surface area contributed by atoms with Gasteiger partial charge in [0, 0.05) is 17.5 Å². The van der Waals surface area contributed by atoms with Gasteiger partial charge >= 0.3 is 0 Å². The maximum atomic E-state index is 14.2. The molecule has 0 heterocycles. The molecule has 1 saturated carbocycles. The molecule has 0 aromatic heterocycles. The Morgan fingerprint density at radius 1 is 1.32 bits per heavy atom. The topological polar surface area (TPSA) is 46.2 Å². The number of fused-ring (bicyclic) bond motifs is 4. The first-order valence-corrected chi connectivity index (χ1v) is 7.30. The smallest absolute Gasteiger partial charge is 0.130 e. The van der Waals surface area contributed by atoms with Crippen molar-refractivity contribution in [1.82, 2.24) is 0 Å². The van der Waals surface area contributed by atoms with Crippen molar-refractivity contribution >= 4 is 0 Å². The molecule has 1 aromatic rings. The van der Waals surface area contributed by atoms with Crippen LogP contribution in [-0.2, 0) is 11.8 Å². The van der Waals surface area contributed by atoms with Crippen LogP contribution in [0, 0.1) is 11.7 Å². The summed E-state index contributed by atoms with van der Waals surface area (Å²) in [6.07, 6.45) is 6.36. The number of benzene rings is 1. The predicted octanol–water partition coefficient (Wildman–Crippen LogP) is 3.25. The summed E-state index contributed by atoms with van der Waals surface area (Å²) in [4.78, 5) is 0. The van der Waals surface area contributed by atoms with Crippen LogP contribution < -0.4 is 5.73 Å². The summed E-state index contributed by atoms with van der Waals surface area (Å²) in [6, 6.07) is 3.04. The zero-order chi connectivity index (χ0) is 13.6. The SMILES string of the molecule is CC12CCCCC[C@@H](Cc3c(F)cc(O)cc31)[C@@H]2N. The molecule has 3 heteroatoms. The average Bonchev–Trinajstić information content (AvgIpc) is 2.35. The van der Waals surface area contributed by atoms with E-state index < -0.39 is 0 Å². The summed E-state index contributed by atoms with van der Waals surface area (Å²) >= 11 is 0. The molecule has 1 aromatic carbocycles. The van der Waals surface area contributed by atoms with Crippen LogP contribution in [0.15, 0.2) is 12.1 Å². The molecule has 0 aliphatic heterocycles. The van der Waals surface area contributed by atoms with Gasteiger partial charge in [0.25, 0.3) is 0 Å². The number of aromatic hydroxyl groups is 1. The Bertz CT molecular complexity index is 502. The quantitative estimate of drug-likeness (QED) is 0.754. The highest BCUT2D eigenvalue weighted by atomic mass is 19.1. The highest BCUT2D eigenvalue weighted by Crippen LogP contribution is 2.47. The molecule has 2 nitrogen and oxygen atoms in total. The van der Waals surface area contributed by atoms with Gasteiger partial charge in [-0.25, -0.2) is 4.39 Å². The molecule has 19 heavy (non-hydrogen) atoms. The Morgan fingerprint density at radius 2 is 2.11 bits per heavy atom. The summed E-state index contributed by atoms with van der Waals surface area (Å²) in [5.74, 6) is 0.126. The van der Waals surface area contributed by atoms with Crippen LogP contribution in [0.1, 0.15) is 50.2 Å². The lowest BCUT2D eigenvalue weighted by Gasteiger charge is -2.47. The fourth-order valence-corrected chi connectivity index (χ4v) is 4.09. The Kier molecular flexibility index (Phi) is 3.05. The Balaban J connectivity index is 2.17. The Morgan fingerprint density at radius 3 is 2.89 bits per heavy atom. The first kappa shape index (κ1) is 12.9. The summed E-state index contributed by atoms with van der Waals surface area (Å²) in [5.41, 5.74) is 8.03. The number of hydrogen-bond donors (Lipinski definition) is 2. The number of nitrogens with two attached hydrogens (primary N) is 1. The van der Waals surface area contributed by atoms with E-state index >= 15 is 0 Å². The van der Waals surface area contributed by atoms with Crippen molar-refractivity contribution in [2.45, 2.75) is 56.9 Å². The second kappa shape index (κ2) is 4.48. The van der Waals surface area contributed by atoms with E-state index in [1.165, 1.54) is 18.9 Å². The third-order valence-electron chi connectivity index (χ3n) is 5.28. The monoisotopic (exact) mass is 263 g/mol. The lowest BCUT2D eigenvalue weighted by molar-refractivity contribution is 0.198. The molecule has 104 valence electrons. The van der Waals surface area contributed by atoms with E-state index in [-0.39, 0.29) is 23.0 Å². The molecule has 3 N–H and O–H groups in total. The predicted molar refractivity (Wildman–Crippen MR) is 73.7 cm³/mol. The molecule has 3 rings (SSSR count). The van der Waals surface area contributed by atoms with Gasteiger partial charge in [-0.3, -0.25) is 0 Å². The maximum Gasteiger partial charge on any atom is 0.130 e. The van der Waals surface area contributed by atoms with Crippen molar-refractivity contribution in [2.24, 2.45) is 11.7 Å². The highest BCUT2D eigenvalue weighted by Gasteiger charge is 2.44. The molecule has 2 bridgehead atoms.